The van der Waals surface area contributed by atoms with Gasteiger partial charge in [0.2, 0.25) is 0 Å². The van der Waals surface area contributed by atoms with Crippen molar-refractivity contribution in [1.82, 2.24) is 0 Å². The van der Waals surface area contributed by atoms with Crippen LogP contribution in [0.15, 0.2) is 29.6 Å². The fourth-order valence-corrected chi connectivity index (χ4v) is 2.55. The highest BCUT2D eigenvalue weighted by Gasteiger charge is 2.02. The van der Waals surface area contributed by atoms with Gasteiger partial charge >= 0.3 is 0 Å². The number of thiophene rings is 1. The predicted molar refractivity (Wildman–Crippen MR) is 65.0 cm³/mol. The molecule has 1 heteroatoms. The van der Waals surface area contributed by atoms with Crippen LogP contribution in [0.3, 0.4) is 0 Å². The van der Waals surface area contributed by atoms with E-state index in [9.17, 15) is 0 Å². The molecule has 14 heavy (non-hydrogen) atoms. The molecule has 0 aliphatic heterocycles. The van der Waals surface area contributed by atoms with Gasteiger partial charge in [-0.25, -0.2) is 0 Å². The van der Waals surface area contributed by atoms with Gasteiger partial charge < -0.3 is 0 Å². The lowest BCUT2D eigenvalue weighted by Gasteiger charge is -2.05. The maximum atomic E-state index is 2.29. The van der Waals surface area contributed by atoms with Gasteiger partial charge in [-0.3, -0.25) is 0 Å². The van der Waals surface area contributed by atoms with Crippen molar-refractivity contribution in [2.75, 3.05) is 0 Å². The fraction of sp³-hybridized carbons (Fsp3) is 0.385. The first kappa shape index (κ1) is 9.72. The predicted octanol–water partition coefficient (Wildman–Crippen LogP) is 4.49. The maximum absolute atomic E-state index is 2.29. The van der Waals surface area contributed by atoms with Crippen LogP contribution >= 0.6 is 11.3 Å². The van der Waals surface area contributed by atoms with E-state index < -0.39 is 0 Å². The molecule has 1 heterocycles. The second-order valence-corrected chi connectivity index (χ2v) is 5.13. The van der Waals surface area contributed by atoms with Crippen LogP contribution in [-0.2, 0) is 6.42 Å². The minimum Gasteiger partial charge on any atom is -0.144 e. The lowest BCUT2D eigenvalue weighted by atomic mass is 10.0. The van der Waals surface area contributed by atoms with Gasteiger partial charge in [-0.05, 0) is 47.2 Å². The largest absolute Gasteiger partial charge is 0.144 e. The highest BCUT2D eigenvalue weighted by Crippen LogP contribution is 2.25. The van der Waals surface area contributed by atoms with E-state index in [0.717, 1.165) is 5.92 Å². The van der Waals surface area contributed by atoms with E-state index in [2.05, 4.69) is 43.5 Å². The fourth-order valence-electron chi connectivity index (χ4n) is 1.72. The van der Waals surface area contributed by atoms with E-state index >= 15 is 0 Å². The van der Waals surface area contributed by atoms with E-state index in [0.29, 0.717) is 0 Å². The van der Waals surface area contributed by atoms with Crippen LogP contribution in [-0.4, -0.2) is 0 Å². The lowest BCUT2D eigenvalue weighted by Crippen LogP contribution is -1.92. The van der Waals surface area contributed by atoms with Crippen molar-refractivity contribution in [1.29, 1.82) is 0 Å². The van der Waals surface area contributed by atoms with E-state index in [-0.39, 0.29) is 0 Å². The van der Waals surface area contributed by atoms with Crippen molar-refractivity contribution in [3.05, 3.63) is 35.2 Å². The summed E-state index contributed by atoms with van der Waals surface area (Å²) in [6.45, 7) is 4.57. The van der Waals surface area contributed by atoms with Gasteiger partial charge in [-0.15, -0.1) is 11.3 Å². The summed E-state index contributed by atoms with van der Waals surface area (Å²) in [6.07, 6.45) is 2.50. The molecule has 1 aromatic heterocycles. The quantitative estimate of drug-likeness (QED) is 0.691. The standard InChI is InChI=1S/C13H16S/c1-10(2)6-7-11-4-3-5-13-12(11)8-9-14-13/h3-5,8-10H,6-7H2,1-2H3. The van der Waals surface area contributed by atoms with Gasteiger partial charge in [0.1, 0.15) is 0 Å². The summed E-state index contributed by atoms with van der Waals surface area (Å²) in [6, 6.07) is 8.89. The molecule has 2 rings (SSSR count). The van der Waals surface area contributed by atoms with Crippen molar-refractivity contribution in [3.63, 3.8) is 0 Å². The Hall–Kier alpha value is -0.820. The Labute approximate surface area is 89.6 Å². The van der Waals surface area contributed by atoms with Crippen LogP contribution in [0, 0.1) is 5.92 Å². The topological polar surface area (TPSA) is 0 Å². The average molecular weight is 204 g/mol. The Morgan fingerprint density at radius 3 is 2.86 bits per heavy atom. The molecular weight excluding hydrogens is 188 g/mol. The van der Waals surface area contributed by atoms with Gasteiger partial charge in [0.15, 0.2) is 0 Å². The van der Waals surface area contributed by atoms with Crippen LogP contribution in [0.4, 0.5) is 0 Å². The number of fused-ring (bicyclic) bond motifs is 1. The molecule has 0 unspecified atom stereocenters. The molecule has 0 spiro atoms. The second-order valence-electron chi connectivity index (χ2n) is 4.18. The van der Waals surface area contributed by atoms with Crippen molar-refractivity contribution < 1.29 is 0 Å². The highest BCUT2D eigenvalue weighted by atomic mass is 32.1. The smallest absolute Gasteiger partial charge is 0.0345 e. The molecule has 0 aliphatic rings. The molecule has 0 fully saturated rings. The van der Waals surface area contributed by atoms with Crippen molar-refractivity contribution >= 4 is 21.4 Å². The molecule has 0 aliphatic carbocycles. The molecule has 0 bridgehead atoms. The molecule has 0 atom stereocenters. The molecule has 0 radical (unpaired) electrons. The van der Waals surface area contributed by atoms with Crippen LogP contribution in [0.25, 0.3) is 10.1 Å². The van der Waals surface area contributed by atoms with Crippen LogP contribution in [0.2, 0.25) is 0 Å². The maximum Gasteiger partial charge on any atom is 0.0345 e. The monoisotopic (exact) mass is 204 g/mol. The molecule has 0 N–H and O–H groups in total. The highest BCUT2D eigenvalue weighted by molar-refractivity contribution is 7.17. The second kappa shape index (κ2) is 4.14. The Kier molecular flexibility index (Phi) is 2.87. The minimum absolute atomic E-state index is 0.795. The molecule has 0 nitrogen and oxygen atoms in total. The molecule has 1 aromatic carbocycles. The van der Waals surface area contributed by atoms with Crippen molar-refractivity contribution in [2.45, 2.75) is 26.7 Å². The van der Waals surface area contributed by atoms with Crippen LogP contribution < -0.4 is 0 Å². The molecule has 0 amide bonds. The molecule has 74 valence electrons. The van der Waals surface area contributed by atoms with Crippen LogP contribution in [0.1, 0.15) is 25.8 Å². The van der Waals surface area contributed by atoms with E-state index in [1.165, 1.54) is 28.5 Å². The SMILES string of the molecule is CC(C)CCc1cccc2sccc12. The summed E-state index contributed by atoms with van der Waals surface area (Å²) >= 11 is 1.84. The Balaban J connectivity index is 2.27. The lowest BCUT2D eigenvalue weighted by molar-refractivity contribution is 0.588. The third kappa shape index (κ3) is 1.98. The third-order valence-electron chi connectivity index (χ3n) is 2.58. The normalized spacial score (nSPS) is 11.4. The minimum atomic E-state index is 0.795. The zero-order valence-electron chi connectivity index (χ0n) is 8.79. The van der Waals surface area contributed by atoms with Gasteiger partial charge in [0.05, 0.1) is 0 Å². The first-order valence-corrected chi connectivity index (χ1v) is 6.10. The van der Waals surface area contributed by atoms with Gasteiger partial charge in [0.25, 0.3) is 0 Å². The summed E-state index contributed by atoms with van der Waals surface area (Å²) in [5, 5.41) is 3.64. The van der Waals surface area contributed by atoms with E-state index in [4.69, 9.17) is 0 Å². The number of hydrogen-bond donors (Lipinski definition) is 0. The molecule has 0 saturated carbocycles. The van der Waals surface area contributed by atoms with E-state index in [1.807, 2.05) is 11.3 Å². The van der Waals surface area contributed by atoms with Crippen LogP contribution in [0.5, 0.6) is 0 Å². The Morgan fingerprint density at radius 1 is 1.21 bits per heavy atom. The average Bonchev–Trinajstić information content (AvgIpc) is 2.62. The summed E-state index contributed by atoms with van der Waals surface area (Å²) in [7, 11) is 0. The van der Waals surface area contributed by atoms with Crippen molar-refractivity contribution in [2.24, 2.45) is 5.92 Å². The number of aryl methyl sites for hydroxylation is 1. The van der Waals surface area contributed by atoms with Crippen molar-refractivity contribution in [3.8, 4) is 0 Å². The Bertz CT molecular complexity index is 412. The van der Waals surface area contributed by atoms with Gasteiger partial charge in [0, 0.05) is 4.70 Å². The van der Waals surface area contributed by atoms with Gasteiger partial charge in [-0.2, -0.15) is 0 Å². The van der Waals surface area contributed by atoms with Gasteiger partial charge in [-0.1, -0.05) is 26.0 Å². The first-order valence-electron chi connectivity index (χ1n) is 5.22. The first-order chi connectivity index (χ1) is 6.77. The van der Waals surface area contributed by atoms with E-state index in [1.54, 1.807) is 0 Å². The zero-order chi connectivity index (χ0) is 9.97. The number of benzene rings is 1. The summed E-state index contributed by atoms with van der Waals surface area (Å²) in [4.78, 5) is 0. The number of rotatable bonds is 3. The number of hydrogen-bond acceptors (Lipinski definition) is 1. The zero-order valence-corrected chi connectivity index (χ0v) is 9.60. The molecular formula is C13H16S. The summed E-state index contributed by atoms with van der Waals surface area (Å²) < 4.78 is 1.42. The Morgan fingerprint density at radius 2 is 2.07 bits per heavy atom. The third-order valence-corrected chi connectivity index (χ3v) is 3.46. The summed E-state index contributed by atoms with van der Waals surface area (Å²) in [5.74, 6) is 0.795. The summed E-state index contributed by atoms with van der Waals surface area (Å²) in [5.41, 5.74) is 1.51. The molecule has 2 aromatic rings. The molecule has 0 saturated heterocycles.